The highest BCUT2D eigenvalue weighted by atomic mass is 32.2. The van der Waals surface area contributed by atoms with Gasteiger partial charge < -0.3 is 14.5 Å². The summed E-state index contributed by atoms with van der Waals surface area (Å²) in [4.78, 5) is 13.3. The second-order valence-electron chi connectivity index (χ2n) is 7.65. The Bertz CT molecular complexity index is 1020. The van der Waals surface area contributed by atoms with Crippen LogP contribution < -0.4 is 9.80 Å². The predicted octanol–water partition coefficient (Wildman–Crippen LogP) is 1.55. The van der Waals surface area contributed by atoms with Crippen molar-refractivity contribution in [2.24, 2.45) is 0 Å². The van der Waals surface area contributed by atoms with Crippen molar-refractivity contribution in [1.29, 1.82) is 0 Å². The largest absolute Gasteiger partial charge is 0.378 e. The number of ether oxygens (including phenoxy) is 1. The summed E-state index contributed by atoms with van der Waals surface area (Å²) < 4.78 is 59.1. The van der Waals surface area contributed by atoms with Gasteiger partial charge in [-0.1, -0.05) is 0 Å². The number of benzene rings is 1. The summed E-state index contributed by atoms with van der Waals surface area (Å²) in [6, 6.07) is 4.75. The molecule has 0 amide bonds. The van der Waals surface area contributed by atoms with E-state index in [1.54, 1.807) is 0 Å². The fourth-order valence-electron chi connectivity index (χ4n) is 3.84. The normalized spacial score (nSPS) is 18.4. The molecule has 0 atom stereocenters. The van der Waals surface area contributed by atoms with Crippen LogP contribution in [-0.4, -0.2) is 75.2 Å². The second kappa shape index (κ2) is 9.01. The molecule has 8 nitrogen and oxygen atoms in total. The molecule has 0 radical (unpaired) electrons. The zero-order valence-electron chi connectivity index (χ0n) is 17.3. The number of rotatable bonds is 5. The van der Waals surface area contributed by atoms with Gasteiger partial charge in [-0.3, -0.25) is 0 Å². The predicted molar refractivity (Wildman–Crippen MR) is 113 cm³/mol. The van der Waals surface area contributed by atoms with E-state index in [1.807, 2.05) is 17.9 Å². The summed E-state index contributed by atoms with van der Waals surface area (Å²) >= 11 is 0. The van der Waals surface area contributed by atoms with Gasteiger partial charge in [-0.25, -0.2) is 27.2 Å². The third-order valence-electron chi connectivity index (χ3n) is 5.37. The number of nitrogens with zero attached hydrogens (tertiary/aromatic N) is 5. The van der Waals surface area contributed by atoms with Crippen molar-refractivity contribution < 1.29 is 21.9 Å². The zero-order chi connectivity index (χ0) is 22.0. The molecule has 1 aromatic carbocycles. The molecule has 2 saturated heterocycles. The number of hydrogen-bond acceptors (Lipinski definition) is 7. The monoisotopic (exact) mass is 453 g/mol. The summed E-state index contributed by atoms with van der Waals surface area (Å²) in [5, 5.41) is 0. The molecule has 0 N–H and O–H groups in total. The van der Waals surface area contributed by atoms with Gasteiger partial charge in [0.15, 0.2) is 0 Å². The molecular formula is C20H25F2N5O3S. The maximum Gasteiger partial charge on any atom is 0.218 e. The molecule has 3 heterocycles. The molecule has 1 aromatic heterocycles. The topological polar surface area (TPSA) is 78.9 Å². The molecule has 0 bridgehead atoms. The third-order valence-corrected chi connectivity index (χ3v) is 7.22. The molecule has 168 valence electrons. The molecule has 0 aliphatic carbocycles. The number of aromatic nitrogens is 2. The number of halogens is 2. The molecular weight excluding hydrogens is 428 g/mol. The Labute approximate surface area is 180 Å². The lowest BCUT2D eigenvalue weighted by molar-refractivity contribution is 0.122. The standard InChI is InChI=1S/C20H25F2N5O3S/c1-15-23-19(13-20(24-15)26-6-8-30-9-7-26)25-2-4-27(5-3-25)31(28,29)14-16-10-17(21)12-18(22)11-16/h10-13H,2-9,14H2,1H3. The van der Waals surface area contributed by atoms with Gasteiger partial charge in [0.2, 0.25) is 10.0 Å². The molecule has 0 saturated carbocycles. The van der Waals surface area contributed by atoms with Gasteiger partial charge in [-0.2, -0.15) is 4.31 Å². The van der Waals surface area contributed by atoms with Crippen molar-refractivity contribution >= 4 is 21.7 Å². The lowest BCUT2D eigenvalue weighted by Crippen LogP contribution is -2.49. The number of anilines is 2. The van der Waals surface area contributed by atoms with E-state index in [-0.39, 0.29) is 18.7 Å². The molecule has 2 aliphatic rings. The first-order valence-corrected chi connectivity index (χ1v) is 11.8. The first-order chi connectivity index (χ1) is 14.8. The molecule has 0 spiro atoms. The van der Waals surface area contributed by atoms with Gasteiger partial charge in [0.05, 0.1) is 19.0 Å². The van der Waals surface area contributed by atoms with Crippen LogP contribution in [0.1, 0.15) is 11.4 Å². The van der Waals surface area contributed by atoms with Crippen LogP contribution in [0.25, 0.3) is 0 Å². The summed E-state index contributed by atoms with van der Waals surface area (Å²) in [7, 11) is -3.69. The van der Waals surface area contributed by atoms with Gasteiger partial charge >= 0.3 is 0 Å². The summed E-state index contributed by atoms with van der Waals surface area (Å²) in [6.07, 6.45) is 0. The van der Waals surface area contributed by atoms with Gasteiger partial charge in [0.1, 0.15) is 29.1 Å². The van der Waals surface area contributed by atoms with Gasteiger partial charge in [0, 0.05) is 51.4 Å². The van der Waals surface area contributed by atoms with Crippen LogP contribution in [0.5, 0.6) is 0 Å². The number of hydrogen-bond donors (Lipinski definition) is 0. The van der Waals surface area contributed by atoms with E-state index in [0.29, 0.717) is 32.1 Å². The van der Waals surface area contributed by atoms with Gasteiger partial charge in [0.25, 0.3) is 0 Å². The van der Waals surface area contributed by atoms with Crippen LogP contribution in [0.15, 0.2) is 24.3 Å². The van der Waals surface area contributed by atoms with E-state index in [9.17, 15) is 17.2 Å². The van der Waals surface area contributed by atoms with Crippen LogP contribution in [0, 0.1) is 18.6 Å². The minimum atomic E-state index is -3.69. The minimum Gasteiger partial charge on any atom is -0.378 e. The summed E-state index contributed by atoms with van der Waals surface area (Å²) in [5.41, 5.74) is 0.0986. The smallest absolute Gasteiger partial charge is 0.218 e. The highest BCUT2D eigenvalue weighted by Crippen LogP contribution is 2.23. The van der Waals surface area contributed by atoms with E-state index < -0.39 is 27.4 Å². The number of piperazine rings is 1. The average Bonchev–Trinajstić information content (AvgIpc) is 2.73. The van der Waals surface area contributed by atoms with Crippen molar-refractivity contribution in [3.05, 3.63) is 47.3 Å². The lowest BCUT2D eigenvalue weighted by atomic mass is 10.2. The summed E-state index contributed by atoms with van der Waals surface area (Å²) in [5.74, 6) is 0.250. The number of sulfonamides is 1. The van der Waals surface area contributed by atoms with E-state index in [2.05, 4.69) is 14.9 Å². The Hall–Kier alpha value is -2.37. The molecule has 4 rings (SSSR count). The van der Waals surface area contributed by atoms with Crippen molar-refractivity contribution in [2.75, 3.05) is 62.3 Å². The first-order valence-electron chi connectivity index (χ1n) is 10.2. The molecule has 2 aromatic rings. The van der Waals surface area contributed by atoms with Gasteiger partial charge in [-0.05, 0) is 24.6 Å². The van der Waals surface area contributed by atoms with E-state index >= 15 is 0 Å². The number of morpholine rings is 1. The van der Waals surface area contributed by atoms with E-state index in [4.69, 9.17) is 4.74 Å². The van der Waals surface area contributed by atoms with Crippen LogP contribution in [0.3, 0.4) is 0 Å². The van der Waals surface area contributed by atoms with Crippen LogP contribution in [-0.2, 0) is 20.5 Å². The van der Waals surface area contributed by atoms with E-state index in [0.717, 1.165) is 42.9 Å². The molecule has 31 heavy (non-hydrogen) atoms. The third kappa shape index (κ3) is 5.28. The Kier molecular flexibility index (Phi) is 6.35. The van der Waals surface area contributed by atoms with Crippen LogP contribution >= 0.6 is 0 Å². The zero-order valence-corrected chi connectivity index (χ0v) is 18.1. The maximum absolute atomic E-state index is 13.4. The average molecular weight is 454 g/mol. The Balaban J connectivity index is 1.43. The van der Waals surface area contributed by atoms with Crippen LogP contribution in [0.4, 0.5) is 20.4 Å². The molecule has 0 unspecified atom stereocenters. The SMILES string of the molecule is Cc1nc(N2CCOCC2)cc(N2CCN(S(=O)(=O)Cc3cc(F)cc(F)c3)CC2)n1. The Morgan fingerprint density at radius 2 is 1.42 bits per heavy atom. The fourth-order valence-corrected chi connectivity index (χ4v) is 5.33. The summed E-state index contributed by atoms with van der Waals surface area (Å²) in [6.45, 7) is 6.17. The van der Waals surface area contributed by atoms with Gasteiger partial charge in [-0.15, -0.1) is 0 Å². The lowest BCUT2D eigenvalue weighted by Gasteiger charge is -2.35. The molecule has 2 aliphatic heterocycles. The highest BCUT2D eigenvalue weighted by molar-refractivity contribution is 7.88. The number of aryl methyl sites for hydroxylation is 1. The molecule has 11 heteroatoms. The Morgan fingerprint density at radius 1 is 0.871 bits per heavy atom. The van der Waals surface area contributed by atoms with Crippen molar-refractivity contribution in [1.82, 2.24) is 14.3 Å². The first kappa shape index (κ1) is 21.8. The fraction of sp³-hybridized carbons (Fsp3) is 0.500. The maximum atomic E-state index is 13.4. The second-order valence-corrected chi connectivity index (χ2v) is 9.62. The van der Waals surface area contributed by atoms with Crippen molar-refractivity contribution in [3.8, 4) is 0 Å². The minimum absolute atomic E-state index is 0.0986. The highest BCUT2D eigenvalue weighted by Gasteiger charge is 2.28. The quantitative estimate of drug-likeness (QED) is 0.680. The van der Waals surface area contributed by atoms with E-state index in [1.165, 1.54) is 4.31 Å². The van der Waals surface area contributed by atoms with Crippen molar-refractivity contribution in [3.63, 3.8) is 0 Å². The van der Waals surface area contributed by atoms with Crippen molar-refractivity contribution in [2.45, 2.75) is 12.7 Å². The molecule has 2 fully saturated rings. The van der Waals surface area contributed by atoms with Crippen LogP contribution in [0.2, 0.25) is 0 Å². The Morgan fingerprint density at radius 3 is 2.00 bits per heavy atom.